The number of nitrogens with zero attached hydrogens (tertiary/aromatic N) is 3. The Morgan fingerprint density at radius 2 is 1.94 bits per heavy atom. The molecule has 0 saturated carbocycles. The number of hydrogen-bond acceptors (Lipinski definition) is 4. The van der Waals surface area contributed by atoms with E-state index < -0.39 is 0 Å². The minimum absolute atomic E-state index is 0.00832. The molecule has 1 fully saturated rings. The summed E-state index contributed by atoms with van der Waals surface area (Å²) < 4.78 is 0. The van der Waals surface area contributed by atoms with Gasteiger partial charge in [0, 0.05) is 37.6 Å². The molecular formula is C12H19N5O. The zero-order chi connectivity index (χ0) is 13.1. The molecular weight excluding hydrogens is 230 g/mol. The van der Waals surface area contributed by atoms with Gasteiger partial charge in [-0.2, -0.15) is 0 Å². The van der Waals surface area contributed by atoms with E-state index in [9.17, 15) is 4.79 Å². The van der Waals surface area contributed by atoms with Gasteiger partial charge in [-0.05, 0) is 26.3 Å². The number of urea groups is 1. The van der Waals surface area contributed by atoms with Crippen molar-refractivity contribution in [2.45, 2.75) is 20.8 Å². The van der Waals surface area contributed by atoms with Crippen molar-refractivity contribution in [3.63, 3.8) is 0 Å². The van der Waals surface area contributed by atoms with Crippen molar-refractivity contribution in [2.75, 3.05) is 31.5 Å². The topological polar surface area (TPSA) is 70.2 Å². The second-order valence-electron chi connectivity index (χ2n) is 4.49. The van der Waals surface area contributed by atoms with Gasteiger partial charge in [-0.3, -0.25) is 0 Å². The molecule has 0 aliphatic carbocycles. The van der Waals surface area contributed by atoms with Crippen LogP contribution in [0.1, 0.15) is 17.0 Å². The normalized spacial score (nSPS) is 14.8. The van der Waals surface area contributed by atoms with E-state index in [1.807, 2.05) is 20.8 Å². The van der Waals surface area contributed by atoms with Crippen LogP contribution in [0, 0.1) is 20.8 Å². The van der Waals surface area contributed by atoms with Crippen molar-refractivity contribution in [1.29, 1.82) is 0 Å². The molecule has 2 heterocycles. The highest BCUT2D eigenvalue weighted by molar-refractivity contribution is 5.76. The molecule has 6 heteroatoms. The first kappa shape index (κ1) is 12.6. The van der Waals surface area contributed by atoms with E-state index in [1.165, 1.54) is 0 Å². The Hall–Kier alpha value is -1.85. The second-order valence-corrected chi connectivity index (χ2v) is 4.49. The van der Waals surface area contributed by atoms with Crippen molar-refractivity contribution in [3.8, 4) is 0 Å². The van der Waals surface area contributed by atoms with Crippen molar-refractivity contribution >= 4 is 12.0 Å². The van der Waals surface area contributed by atoms with Gasteiger partial charge >= 0.3 is 6.03 Å². The molecule has 1 saturated heterocycles. The van der Waals surface area contributed by atoms with Crippen LogP contribution in [-0.4, -0.2) is 47.1 Å². The van der Waals surface area contributed by atoms with Gasteiger partial charge in [-0.25, -0.2) is 14.8 Å². The molecule has 0 atom stereocenters. The molecule has 1 aromatic rings. The lowest BCUT2D eigenvalue weighted by molar-refractivity contribution is 0.219. The van der Waals surface area contributed by atoms with Crippen molar-refractivity contribution in [3.05, 3.63) is 17.0 Å². The Kier molecular flexibility index (Phi) is 3.64. The van der Waals surface area contributed by atoms with Crippen LogP contribution in [0.4, 0.5) is 10.7 Å². The zero-order valence-corrected chi connectivity index (χ0v) is 11.1. The Labute approximate surface area is 107 Å². The third kappa shape index (κ3) is 2.69. The summed E-state index contributed by atoms with van der Waals surface area (Å²) in [5.41, 5.74) is 3.10. The molecule has 18 heavy (non-hydrogen) atoms. The van der Waals surface area contributed by atoms with E-state index in [1.54, 1.807) is 4.90 Å². The molecule has 6 nitrogen and oxygen atoms in total. The predicted octanol–water partition coefficient (Wildman–Crippen LogP) is 0.839. The van der Waals surface area contributed by atoms with E-state index in [0.29, 0.717) is 19.0 Å². The lowest BCUT2D eigenvalue weighted by atomic mass is 10.2. The molecule has 0 spiro atoms. The number of hydrogen-bond donors (Lipinski definition) is 2. The Morgan fingerprint density at radius 3 is 2.50 bits per heavy atom. The third-order valence-corrected chi connectivity index (χ3v) is 3.24. The summed E-state index contributed by atoms with van der Waals surface area (Å²) in [7, 11) is 0. The van der Waals surface area contributed by atoms with Gasteiger partial charge < -0.3 is 15.5 Å². The zero-order valence-electron chi connectivity index (χ0n) is 11.1. The summed E-state index contributed by atoms with van der Waals surface area (Å²) >= 11 is 0. The Balaban J connectivity index is 1.88. The fraction of sp³-hybridized carbons (Fsp3) is 0.583. The number of anilines is 1. The first-order chi connectivity index (χ1) is 8.58. The van der Waals surface area contributed by atoms with Crippen LogP contribution in [0.2, 0.25) is 0 Å². The van der Waals surface area contributed by atoms with Crippen LogP contribution in [0.3, 0.4) is 0 Å². The molecule has 0 unspecified atom stereocenters. The summed E-state index contributed by atoms with van der Waals surface area (Å²) in [5, 5.41) is 5.93. The van der Waals surface area contributed by atoms with E-state index >= 15 is 0 Å². The average molecular weight is 249 g/mol. The Morgan fingerprint density at radius 1 is 1.28 bits per heavy atom. The summed E-state index contributed by atoms with van der Waals surface area (Å²) in [6.07, 6.45) is 0. The average Bonchev–Trinajstić information content (AvgIpc) is 2.72. The summed E-state index contributed by atoms with van der Waals surface area (Å²) in [6, 6.07) is 0.00832. The van der Waals surface area contributed by atoms with Crippen LogP contribution < -0.4 is 10.6 Å². The van der Waals surface area contributed by atoms with E-state index in [-0.39, 0.29) is 6.03 Å². The number of aryl methyl sites for hydroxylation is 2. The summed E-state index contributed by atoms with van der Waals surface area (Å²) in [5.74, 6) is 0.634. The van der Waals surface area contributed by atoms with Crippen molar-refractivity contribution in [1.82, 2.24) is 20.2 Å². The predicted molar refractivity (Wildman–Crippen MR) is 69.7 cm³/mol. The number of rotatable bonds is 4. The highest BCUT2D eigenvalue weighted by atomic mass is 16.2. The van der Waals surface area contributed by atoms with Gasteiger partial charge in [-0.1, -0.05) is 0 Å². The molecule has 2 amide bonds. The number of amides is 2. The highest BCUT2D eigenvalue weighted by Gasteiger charge is 2.18. The van der Waals surface area contributed by atoms with Gasteiger partial charge in [0.15, 0.2) is 0 Å². The smallest absolute Gasteiger partial charge is 0.317 e. The highest BCUT2D eigenvalue weighted by Crippen LogP contribution is 2.10. The van der Waals surface area contributed by atoms with Crippen molar-refractivity contribution in [2.24, 2.45) is 0 Å². The Bertz CT molecular complexity index is 437. The first-order valence-corrected chi connectivity index (χ1v) is 6.16. The SMILES string of the molecule is Cc1nc(NCCN2CCNC2=O)nc(C)c1C. The minimum Gasteiger partial charge on any atom is -0.352 e. The fourth-order valence-electron chi connectivity index (χ4n) is 1.88. The molecule has 0 radical (unpaired) electrons. The molecule has 1 aromatic heterocycles. The quantitative estimate of drug-likeness (QED) is 0.829. The molecule has 98 valence electrons. The van der Waals surface area contributed by atoms with Gasteiger partial charge in [0.1, 0.15) is 0 Å². The van der Waals surface area contributed by atoms with Gasteiger partial charge in [0.2, 0.25) is 5.95 Å². The number of carbonyl (C=O) groups excluding carboxylic acids is 1. The molecule has 1 aliphatic heterocycles. The van der Waals surface area contributed by atoms with Crippen molar-refractivity contribution < 1.29 is 4.79 Å². The largest absolute Gasteiger partial charge is 0.352 e. The standard InChI is InChI=1S/C12H19N5O/c1-8-9(2)15-11(16-10(8)3)13-4-6-17-7-5-14-12(17)18/h4-7H2,1-3H3,(H,14,18)(H,13,15,16). The van der Waals surface area contributed by atoms with E-state index in [0.717, 1.165) is 30.0 Å². The summed E-state index contributed by atoms with van der Waals surface area (Å²) in [4.78, 5) is 21.9. The van der Waals surface area contributed by atoms with Crippen LogP contribution >= 0.6 is 0 Å². The van der Waals surface area contributed by atoms with E-state index in [2.05, 4.69) is 20.6 Å². The molecule has 0 aromatic carbocycles. The maximum atomic E-state index is 11.3. The van der Waals surface area contributed by atoms with E-state index in [4.69, 9.17) is 0 Å². The van der Waals surface area contributed by atoms with Gasteiger partial charge in [0.05, 0.1) is 0 Å². The maximum absolute atomic E-state index is 11.3. The lowest BCUT2D eigenvalue weighted by Crippen LogP contribution is -2.32. The second kappa shape index (κ2) is 5.20. The summed E-state index contributed by atoms with van der Waals surface area (Å²) in [6.45, 7) is 8.80. The van der Waals surface area contributed by atoms with Crippen LogP contribution in [0.5, 0.6) is 0 Å². The number of carbonyl (C=O) groups is 1. The molecule has 0 bridgehead atoms. The third-order valence-electron chi connectivity index (χ3n) is 3.24. The fourth-order valence-corrected chi connectivity index (χ4v) is 1.88. The maximum Gasteiger partial charge on any atom is 0.317 e. The number of aromatic nitrogens is 2. The number of nitrogens with one attached hydrogen (secondary N) is 2. The monoisotopic (exact) mass is 249 g/mol. The lowest BCUT2D eigenvalue weighted by Gasteiger charge is -2.15. The van der Waals surface area contributed by atoms with Crippen LogP contribution in [0.25, 0.3) is 0 Å². The minimum atomic E-state index is 0.00832. The van der Waals surface area contributed by atoms with Gasteiger partial charge in [-0.15, -0.1) is 0 Å². The molecule has 2 rings (SSSR count). The molecule has 1 aliphatic rings. The van der Waals surface area contributed by atoms with Crippen LogP contribution in [0.15, 0.2) is 0 Å². The first-order valence-electron chi connectivity index (χ1n) is 6.16. The van der Waals surface area contributed by atoms with Crippen LogP contribution in [-0.2, 0) is 0 Å². The van der Waals surface area contributed by atoms with Gasteiger partial charge in [0.25, 0.3) is 0 Å². The molecule has 2 N–H and O–H groups in total.